The quantitative estimate of drug-likeness (QED) is 0.601. The van der Waals surface area contributed by atoms with Crippen molar-refractivity contribution >= 4 is 33.2 Å². The van der Waals surface area contributed by atoms with E-state index in [1.807, 2.05) is 21.6 Å². The number of rotatable bonds is 6. The molecule has 1 fully saturated rings. The molecule has 21 heavy (non-hydrogen) atoms. The van der Waals surface area contributed by atoms with Gasteiger partial charge in [0.25, 0.3) is 0 Å². The molecule has 1 aliphatic heterocycles. The Morgan fingerprint density at radius 3 is 3.00 bits per heavy atom. The molecule has 1 aromatic rings. The molecule has 0 saturated carbocycles. The number of aryl methyl sites for hydroxylation is 2. The van der Waals surface area contributed by atoms with E-state index in [-0.39, 0.29) is 5.91 Å². The fourth-order valence-electron chi connectivity index (χ4n) is 3.10. The van der Waals surface area contributed by atoms with E-state index >= 15 is 0 Å². The van der Waals surface area contributed by atoms with Gasteiger partial charge in [0.15, 0.2) is 0 Å². The summed E-state index contributed by atoms with van der Waals surface area (Å²) in [7, 11) is 4.03. The standard InChI is InChI=1S/C17H23NOS2/c19-17(7-2-1-6-16-10-11-20-21-16)18-15-9-8-13-4-3-5-14(13)12-15/h8-9,12,16H,1-7,10-11H2,(H,18,19)/t16-/m1/s1. The van der Waals surface area contributed by atoms with E-state index in [2.05, 4.69) is 23.5 Å². The first-order chi connectivity index (χ1) is 10.3. The molecule has 1 heterocycles. The molecule has 0 aromatic heterocycles. The first kappa shape index (κ1) is 15.3. The zero-order valence-electron chi connectivity index (χ0n) is 12.4. The van der Waals surface area contributed by atoms with E-state index in [1.165, 1.54) is 49.0 Å². The zero-order valence-corrected chi connectivity index (χ0v) is 14.0. The fraction of sp³-hybridized carbons (Fsp3) is 0.588. The van der Waals surface area contributed by atoms with Gasteiger partial charge in [-0.05, 0) is 61.8 Å². The van der Waals surface area contributed by atoms with Crippen LogP contribution >= 0.6 is 21.6 Å². The minimum Gasteiger partial charge on any atom is -0.326 e. The van der Waals surface area contributed by atoms with Crippen molar-refractivity contribution in [2.45, 2.75) is 56.6 Å². The van der Waals surface area contributed by atoms with Crippen molar-refractivity contribution in [3.63, 3.8) is 0 Å². The summed E-state index contributed by atoms with van der Waals surface area (Å²) < 4.78 is 0. The van der Waals surface area contributed by atoms with Gasteiger partial charge in [0.05, 0.1) is 0 Å². The maximum atomic E-state index is 12.0. The van der Waals surface area contributed by atoms with Gasteiger partial charge >= 0.3 is 0 Å². The number of carbonyl (C=O) groups excluding carboxylic acids is 1. The first-order valence-corrected chi connectivity index (χ1v) is 10.4. The van der Waals surface area contributed by atoms with Crippen LogP contribution in [0.1, 0.15) is 49.7 Å². The van der Waals surface area contributed by atoms with Gasteiger partial charge in [-0.25, -0.2) is 0 Å². The zero-order chi connectivity index (χ0) is 14.5. The average Bonchev–Trinajstić information content (AvgIpc) is 3.14. The minimum absolute atomic E-state index is 0.168. The Morgan fingerprint density at radius 1 is 1.24 bits per heavy atom. The number of hydrogen-bond acceptors (Lipinski definition) is 3. The molecule has 1 aromatic carbocycles. The summed E-state index contributed by atoms with van der Waals surface area (Å²) in [6.07, 6.45) is 9.07. The smallest absolute Gasteiger partial charge is 0.224 e. The highest BCUT2D eigenvalue weighted by Crippen LogP contribution is 2.39. The molecule has 0 radical (unpaired) electrons. The molecule has 2 nitrogen and oxygen atoms in total. The predicted octanol–water partition coefficient (Wildman–Crippen LogP) is 4.83. The van der Waals surface area contributed by atoms with Crippen LogP contribution in [0.2, 0.25) is 0 Å². The summed E-state index contributed by atoms with van der Waals surface area (Å²) in [5.74, 6) is 1.47. The number of hydrogen-bond donors (Lipinski definition) is 1. The van der Waals surface area contributed by atoms with E-state index in [1.54, 1.807) is 0 Å². The third-order valence-electron chi connectivity index (χ3n) is 4.29. The summed E-state index contributed by atoms with van der Waals surface area (Å²) in [5.41, 5.74) is 3.85. The van der Waals surface area contributed by atoms with Crippen LogP contribution in [0.15, 0.2) is 18.2 Å². The van der Waals surface area contributed by atoms with Crippen molar-refractivity contribution in [2.24, 2.45) is 0 Å². The lowest BCUT2D eigenvalue weighted by molar-refractivity contribution is -0.116. The molecule has 1 amide bonds. The number of benzene rings is 1. The van der Waals surface area contributed by atoms with Gasteiger partial charge < -0.3 is 5.32 Å². The lowest BCUT2D eigenvalue weighted by Crippen LogP contribution is -2.11. The van der Waals surface area contributed by atoms with Gasteiger partial charge in [0, 0.05) is 23.1 Å². The lowest BCUT2D eigenvalue weighted by Gasteiger charge is -2.09. The SMILES string of the molecule is O=C(CCCC[C@@H]1CCSS1)Nc1ccc2c(c1)CCC2. The number of nitrogens with one attached hydrogen (secondary N) is 1. The summed E-state index contributed by atoms with van der Waals surface area (Å²) in [5, 5.41) is 3.88. The van der Waals surface area contributed by atoms with E-state index in [9.17, 15) is 4.79 Å². The summed E-state index contributed by atoms with van der Waals surface area (Å²) in [6.45, 7) is 0. The molecule has 2 aliphatic rings. The van der Waals surface area contributed by atoms with Crippen molar-refractivity contribution in [3.8, 4) is 0 Å². The van der Waals surface area contributed by atoms with Gasteiger partial charge in [-0.15, -0.1) is 0 Å². The van der Waals surface area contributed by atoms with Crippen LogP contribution in [0.5, 0.6) is 0 Å². The largest absolute Gasteiger partial charge is 0.326 e. The maximum Gasteiger partial charge on any atom is 0.224 e. The lowest BCUT2D eigenvalue weighted by atomic mass is 10.1. The topological polar surface area (TPSA) is 29.1 Å². The Bertz CT molecular complexity index is 498. The summed E-state index contributed by atoms with van der Waals surface area (Å²) in [4.78, 5) is 12.0. The van der Waals surface area contributed by atoms with Crippen molar-refractivity contribution in [2.75, 3.05) is 11.1 Å². The van der Waals surface area contributed by atoms with Gasteiger partial charge in [0.2, 0.25) is 5.91 Å². The third kappa shape index (κ3) is 4.43. The van der Waals surface area contributed by atoms with E-state index < -0.39 is 0 Å². The van der Waals surface area contributed by atoms with Gasteiger partial charge in [-0.1, -0.05) is 34.1 Å². The highest BCUT2D eigenvalue weighted by molar-refractivity contribution is 8.77. The number of anilines is 1. The van der Waals surface area contributed by atoms with E-state index in [4.69, 9.17) is 0 Å². The van der Waals surface area contributed by atoms with Crippen LogP contribution in [0.3, 0.4) is 0 Å². The minimum atomic E-state index is 0.168. The molecule has 3 rings (SSSR count). The Kier molecular flexibility index (Phi) is 5.53. The second-order valence-electron chi connectivity index (χ2n) is 5.96. The number of amides is 1. The monoisotopic (exact) mass is 321 g/mol. The van der Waals surface area contributed by atoms with Crippen LogP contribution in [0, 0.1) is 0 Å². The summed E-state index contributed by atoms with van der Waals surface area (Å²) >= 11 is 0. The van der Waals surface area contributed by atoms with Crippen LogP contribution in [0.4, 0.5) is 5.69 Å². The number of carbonyl (C=O) groups is 1. The Balaban J connectivity index is 1.37. The summed E-state index contributed by atoms with van der Waals surface area (Å²) in [6, 6.07) is 6.38. The van der Waals surface area contributed by atoms with Crippen molar-refractivity contribution < 1.29 is 4.79 Å². The van der Waals surface area contributed by atoms with Gasteiger partial charge in [0.1, 0.15) is 0 Å². The van der Waals surface area contributed by atoms with Crippen molar-refractivity contribution in [3.05, 3.63) is 29.3 Å². The molecule has 114 valence electrons. The average molecular weight is 322 g/mol. The highest BCUT2D eigenvalue weighted by atomic mass is 33.1. The van der Waals surface area contributed by atoms with Gasteiger partial charge in [-0.2, -0.15) is 0 Å². The van der Waals surface area contributed by atoms with Crippen LogP contribution < -0.4 is 5.32 Å². The second kappa shape index (κ2) is 7.59. The molecule has 1 aliphatic carbocycles. The first-order valence-electron chi connectivity index (χ1n) is 8.01. The van der Waals surface area contributed by atoms with E-state index in [0.29, 0.717) is 6.42 Å². The highest BCUT2D eigenvalue weighted by Gasteiger charge is 2.16. The molecular weight excluding hydrogens is 298 g/mol. The molecular formula is C17H23NOS2. The normalized spacial score (nSPS) is 20.5. The van der Waals surface area contributed by atoms with Crippen LogP contribution in [-0.2, 0) is 17.6 Å². The van der Waals surface area contributed by atoms with Crippen LogP contribution in [-0.4, -0.2) is 16.9 Å². The molecule has 0 bridgehead atoms. The van der Waals surface area contributed by atoms with E-state index in [0.717, 1.165) is 23.8 Å². The van der Waals surface area contributed by atoms with Crippen molar-refractivity contribution in [1.29, 1.82) is 0 Å². The van der Waals surface area contributed by atoms with Gasteiger partial charge in [-0.3, -0.25) is 4.79 Å². The molecule has 4 heteroatoms. The molecule has 0 unspecified atom stereocenters. The fourth-order valence-corrected chi connectivity index (χ4v) is 6.12. The Labute approximate surface area is 135 Å². The number of fused-ring (bicyclic) bond motifs is 1. The second-order valence-corrected chi connectivity index (χ2v) is 8.75. The molecule has 1 N–H and O–H groups in total. The third-order valence-corrected chi connectivity index (χ3v) is 7.30. The maximum absolute atomic E-state index is 12.0. The predicted molar refractivity (Wildman–Crippen MR) is 94.0 cm³/mol. The molecule has 0 spiro atoms. The molecule has 1 atom stereocenters. The number of unbranched alkanes of at least 4 members (excludes halogenated alkanes) is 1. The van der Waals surface area contributed by atoms with Crippen LogP contribution in [0.25, 0.3) is 0 Å². The van der Waals surface area contributed by atoms with Crippen molar-refractivity contribution in [1.82, 2.24) is 0 Å². The Hall–Kier alpha value is -0.610. The Morgan fingerprint density at radius 2 is 2.14 bits per heavy atom. The molecule has 1 saturated heterocycles.